The topological polar surface area (TPSA) is 99.7 Å². The van der Waals surface area contributed by atoms with Crippen LogP contribution in [0.15, 0.2) is 48.9 Å². The van der Waals surface area contributed by atoms with Crippen LogP contribution in [0.1, 0.15) is 23.2 Å². The lowest BCUT2D eigenvalue weighted by atomic mass is 10.2. The Hall–Kier alpha value is -3.80. The van der Waals surface area contributed by atoms with Crippen molar-refractivity contribution in [3.8, 4) is 6.07 Å². The first-order valence-corrected chi connectivity index (χ1v) is 9.61. The van der Waals surface area contributed by atoms with Crippen molar-refractivity contribution < 1.29 is 9.18 Å². The SMILES string of the molecule is N#Cc1ccc(Cn2ccc(NC(=O)Cc3ccc(N4CC[C@H](F)C4)nc3)n2)nc1. The molecule has 0 unspecified atom stereocenters. The number of pyridine rings is 2. The van der Waals surface area contributed by atoms with Crippen molar-refractivity contribution in [3.05, 3.63) is 65.7 Å². The van der Waals surface area contributed by atoms with E-state index in [4.69, 9.17) is 5.26 Å². The Morgan fingerprint density at radius 3 is 2.80 bits per heavy atom. The summed E-state index contributed by atoms with van der Waals surface area (Å²) in [5.41, 5.74) is 2.04. The quantitative estimate of drug-likeness (QED) is 0.676. The molecule has 0 aliphatic carbocycles. The number of amides is 1. The molecular formula is C21H20FN7O. The van der Waals surface area contributed by atoms with Crippen LogP contribution in [0.25, 0.3) is 0 Å². The molecule has 1 N–H and O–H groups in total. The molecule has 1 amide bonds. The van der Waals surface area contributed by atoms with Crippen molar-refractivity contribution in [2.45, 2.75) is 25.6 Å². The number of anilines is 2. The van der Waals surface area contributed by atoms with E-state index in [0.717, 1.165) is 17.1 Å². The van der Waals surface area contributed by atoms with E-state index in [2.05, 4.69) is 20.4 Å². The third kappa shape index (κ3) is 4.78. The number of nitrogens with zero attached hydrogens (tertiary/aromatic N) is 6. The molecule has 1 saturated heterocycles. The number of carbonyl (C=O) groups is 1. The average Bonchev–Trinajstić information content (AvgIpc) is 3.38. The molecule has 1 atom stereocenters. The van der Waals surface area contributed by atoms with Crippen LogP contribution in [0.4, 0.5) is 16.0 Å². The zero-order valence-electron chi connectivity index (χ0n) is 16.2. The Labute approximate surface area is 173 Å². The third-order valence-electron chi connectivity index (χ3n) is 4.81. The second-order valence-electron chi connectivity index (χ2n) is 7.13. The molecule has 1 aliphatic heterocycles. The molecule has 0 spiro atoms. The molecule has 8 nitrogen and oxygen atoms in total. The molecule has 0 radical (unpaired) electrons. The lowest BCUT2D eigenvalue weighted by Crippen LogP contribution is -2.21. The molecule has 3 aromatic heterocycles. The number of nitrogens with one attached hydrogen (secondary N) is 1. The van der Waals surface area contributed by atoms with Gasteiger partial charge in [-0.2, -0.15) is 10.4 Å². The van der Waals surface area contributed by atoms with Gasteiger partial charge in [-0.3, -0.25) is 14.5 Å². The van der Waals surface area contributed by atoms with Crippen LogP contribution in [0.5, 0.6) is 0 Å². The number of hydrogen-bond acceptors (Lipinski definition) is 6. The second-order valence-corrected chi connectivity index (χ2v) is 7.13. The van der Waals surface area contributed by atoms with Crippen molar-refractivity contribution >= 4 is 17.5 Å². The van der Waals surface area contributed by atoms with E-state index in [9.17, 15) is 9.18 Å². The average molecular weight is 405 g/mol. The van der Waals surface area contributed by atoms with Crippen LogP contribution < -0.4 is 10.2 Å². The van der Waals surface area contributed by atoms with Gasteiger partial charge in [-0.05, 0) is 30.2 Å². The summed E-state index contributed by atoms with van der Waals surface area (Å²) in [5.74, 6) is 0.982. The predicted molar refractivity (Wildman–Crippen MR) is 109 cm³/mol. The smallest absolute Gasteiger partial charge is 0.230 e. The molecule has 0 aromatic carbocycles. The van der Waals surface area contributed by atoms with Gasteiger partial charge in [0.1, 0.15) is 18.1 Å². The minimum atomic E-state index is -0.801. The first kappa shape index (κ1) is 19.5. The molecule has 30 heavy (non-hydrogen) atoms. The van der Waals surface area contributed by atoms with Gasteiger partial charge in [0.05, 0.1) is 30.8 Å². The van der Waals surface area contributed by atoms with Gasteiger partial charge in [0.25, 0.3) is 0 Å². The van der Waals surface area contributed by atoms with E-state index in [-0.39, 0.29) is 12.3 Å². The fourth-order valence-electron chi connectivity index (χ4n) is 3.27. The van der Waals surface area contributed by atoms with Crippen molar-refractivity contribution in [3.63, 3.8) is 0 Å². The summed E-state index contributed by atoms with van der Waals surface area (Å²) in [6.45, 7) is 1.46. The summed E-state index contributed by atoms with van der Waals surface area (Å²) in [4.78, 5) is 22.8. The highest BCUT2D eigenvalue weighted by Gasteiger charge is 2.22. The summed E-state index contributed by atoms with van der Waals surface area (Å²) in [7, 11) is 0. The van der Waals surface area contributed by atoms with Gasteiger partial charge in [0, 0.05) is 31.2 Å². The number of carbonyl (C=O) groups excluding carboxylic acids is 1. The highest BCUT2D eigenvalue weighted by atomic mass is 19.1. The van der Waals surface area contributed by atoms with Gasteiger partial charge >= 0.3 is 0 Å². The molecule has 4 rings (SSSR count). The van der Waals surface area contributed by atoms with Crippen LogP contribution in [0.3, 0.4) is 0 Å². The fourth-order valence-corrected chi connectivity index (χ4v) is 3.27. The lowest BCUT2D eigenvalue weighted by Gasteiger charge is -2.16. The van der Waals surface area contributed by atoms with Crippen molar-refractivity contribution in [1.29, 1.82) is 5.26 Å². The summed E-state index contributed by atoms with van der Waals surface area (Å²) < 4.78 is 15.0. The van der Waals surface area contributed by atoms with Crippen LogP contribution in [0, 0.1) is 11.3 Å². The maximum absolute atomic E-state index is 13.3. The number of rotatable bonds is 6. The maximum atomic E-state index is 13.3. The second kappa shape index (κ2) is 8.69. The summed E-state index contributed by atoms with van der Waals surface area (Å²) in [6.07, 6.45) is 4.81. The highest BCUT2D eigenvalue weighted by molar-refractivity contribution is 5.91. The first-order valence-electron chi connectivity index (χ1n) is 9.61. The van der Waals surface area contributed by atoms with Crippen LogP contribution in [0.2, 0.25) is 0 Å². The summed E-state index contributed by atoms with van der Waals surface area (Å²) in [6, 6.07) is 10.9. The monoisotopic (exact) mass is 405 g/mol. The van der Waals surface area contributed by atoms with Gasteiger partial charge in [0.15, 0.2) is 5.82 Å². The minimum Gasteiger partial charge on any atom is -0.354 e. The van der Waals surface area contributed by atoms with E-state index in [1.54, 1.807) is 35.3 Å². The standard InChI is InChI=1S/C21H20FN7O/c22-17-5-7-28(13-17)20-4-2-15(11-25-20)9-21(30)26-19-6-8-29(27-19)14-18-3-1-16(10-23)12-24-18/h1-4,6,8,11-12,17H,5,7,9,13-14H2,(H,26,27,30)/t17-/m0/s1. The van der Waals surface area contributed by atoms with Gasteiger partial charge in [-0.1, -0.05) is 6.07 Å². The van der Waals surface area contributed by atoms with Crippen LogP contribution in [-0.4, -0.2) is 44.9 Å². The molecule has 0 saturated carbocycles. The lowest BCUT2D eigenvalue weighted by molar-refractivity contribution is -0.115. The van der Waals surface area contributed by atoms with E-state index in [1.165, 1.54) is 6.20 Å². The van der Waals surface area contributed by atoms with Crippen molar-refractivity contribution in [2.24, 2.45) is 0 Å². The molecule has 1 aliphatic rings. The molecule has 9 heteroatoms. The number of hydrogen-bond donors (Lipinski definition) is 1. The Morgan fingerprint density at radius 1 is 1.23 bits per heavy atom. The predicted octanol–water partition coefficient (Wildman–Crippen LogP) is 2.32. The fraction of sp³-hybridized carbons (Fsp3) is 0.286. The summed E-state index contributed by atoms with van der Waals surface area (Å²) in [5, 5.41) is 15.9. The van der Waals surface area contributed by atoms with Gasteiger partial charge < -0.3 is 10.2 Å². The summed E-state index contributed by atoms with van der Waals surface area (Å²) >= 11 is 0. The van der Waals surface area contributed by atoms with E-state index >= 15 is 0 Å². The van der Waals surface area contributed by atoms with Crippen molar-refractivity contribution in [2.75, 3.05) is 23.3 Å². The third-order valence-corrected chi connectivity index (χ3v) is 4.81. The number of nitriles is 1. The number of alkyl halides is 1. The van der Waals surface area contributed by atoms with Crippen molar-refractivity contribution in [1.82, 2.24) is 19.7 Å². The van der Waals surface area contributed by atoms with Gasteiger partial charge in [-0.25, -0.2) is 9.37 Å². The van der Waals surface area contributed by atoms with E-state index in [1.807, 2.05) is 23.1 Å². The Bertz CT molecular complexity index is 1060. The molecule has 3 aromatic rings. The van der Waals surface area contributed by atoms with E-state index < -0.39 is 6.17 Å². The Kier molecular flexibility index (Phi) is 5.66. The molecule has 0 bridgehead atoms. The maximum Gasteiger partial charge on any atom is 0.230 e. The number of aromatic nitrogens is 4. The largest absolute Gasteiger partial charge is 0.354 e. The van der Waals surface area contributed by atoms with E-state index in [0.29, 0.717) is 37.4 Å². The molecule has 1 fully saturated rings. The van der Waals surface area contributed by atoms with Crippen LogP contribution in [-0.2, 0) is 17.8 Å². The zero-order chi connectivity index (χ0) is 20.9. The highest BCUT2D eigenvalue weighted by Crippen LogP contribution is 2.20. The van der Waals surface area contributed by atoms with Crippen LogP contribution >= 0.6 is 0 Å². The number of halogens is 1. The van der Waals surface area contributed by atoms with Gasteiger partial charge in [0.2, 0.25) is 5.91 Å². The zero-order valence-corrected chi connectivity index (χ0v) is 16.2. The molecular weight excluding hydrogens is 385 g/mol. The normalized spacial score (nSPS) is 15.7. The Balaban J connectivity index is 1.30. The minimum absolute atomic E-state index is 0.170. The Morgan fingerprint density at radius 2 is 2.13 bits per heavy atom. The van der Waals surface area contributed by atoms with Gasteiger partial charge in [-0.15, -0.1) is 0 Å². The molecule has 4 heterocycles. The molecule has 152 valence electrons. The first-order chi connectivity index (χ1) is 14.6.